The van der Waals surface area contributed by atoms with Crippen LogP contribution < -0.4 is 10.6 Å². The Balaban J connectivity index is 2.27. The van der Waals surface area contributed by atoms with Gasteiger partial charge < -0.3 is 10.2 Å². The Labute approximate surface area is 98.1 Å². The van der Waals surface area contributed by atoms with Crippen LogP contribution in [-0.2, 0) is 0 Å². The Morgan fingerprint density at radius 3 is 2.76 bits per heavy atom. The second-order valence-corrected chi connectivity index (χ2v) is 3.75. The van der Waals surface area contributed by atoms with E-state index in [1.807, 2.05) is 0 Å². The standard InChI is InChI=1S/C11H13FN4O/c1-7(13)10-14-15-11(17-10)16(2)9-5-3-4-8(12)6-9/h3-7H,13H2,1-2H3. The molecule has 17 heavy (non-hydrogen) atoms. The molecule has 0 aliphatic heterocycles. The average molecular weight is 236 g/mol. The lowest BCUT2D eigenvalue weighted by Crippen LogP contribution is -2.10. The molecule has 2 rings (SSSR count). The fraction of sp³-hybridized carbons (Fsp3) is 0.273. The van der Waals surface area contributed by atoms with Crippen LogP contribution in [-0.4, -0.2) is 17.2 Å². The number of anilines is 2. The maximum absolute atomic E-state index is 13.1. The molecule has 0 bridgehead atoms. The Morgan fingerprint density at radius 1 is 1.41 bits per heavy atom. The minimum absolute atomic E-state index is 0.280. The molecule has 1 atom stereocenters. The molecule has 2 N–H and O–H groups in total. The van der Waals surface area contributed by atoms with Crippen LogP contribution in [0.1, 0.15) is 18.9 Å². The lowest BCUT2D eigenvalue weighted by atomic mass is 10.3. The lowest BCUT2D eigenvalue weighted by molar-refractivity contribution is 0.467. The first-order chi connectivity index (χ1) is 8.08. The van der Waals surface area contributed by atoms with Gasteiger partial charge in [0.1, 0.15) is 5.82 Å². The predicted octanol–water partition coefficient (Wildman–Crippen LogP) is 2.00. The van der Waals surface area contributed by atoms with Crippen molar-refractivity contribution in [1.29, 1.82) is 0 Å². The molecule has 1 heterocycles. The maximum atomic E-state index is 13.1. The van der Waals surface area contributed by atoms with E-state index in [9.17, 15) is 4.39 Å². The van der Waals surface area contributed by atoms with Crippen molar-refractivity contribution in [2.24, 2.45) is 5.73 Å². The Morgan fingerprint density at radius 2 is 2.18 bits per heavy atom. The number of rotatable bonds is 3. The van der Waals surface area contributed by atoms with Crippen molar-refractivity contribution in [3.8, 4) is 0 Å². The molecule has 1 unspecified atom stereocenters. The van der Waals surface area contributed by atoms with Crippen molar-refractivity contribution in [1.82, 2.24) is 10.2 Å². The molecule has 0 aliphatic carbocycles. The molecule has 0 spiro atoms. The third-order valence-electron chi connectivity index (χ3n) is 2.30. The molecular weight excluding hydrogens is 223 g/mol. The van der Waals surface area contributed by atoms with Crippen LogP contribution in [0.4, 0.5) is 16.1 Å². The zero-order valence-corrected chi connectivity index (χ0v) is 9.59. The first-order valence-corrected chi connectivity index (χ1v) is 5.16. The zero-order chi connectivity index (χ0) is 12.4. The molecule has 5 nitrogen and oxygen atoms in total. The molecule has 1 aromatic heterocycles. The summed E-state index contributed by atoms with van der Waals surface area (Å²) < 4.78 is 18.4. The van der Waals surface area contributed by atoms with E-state index in [1.54, 1.807) is 31.0 Å². The van der Waals surface area contributed by atoms with Crippen molar-refractivity contribution >= 4 is 11.7 Å². The number of benzene rings is 1. The van der Waals surface area contributed by atoms with Gasteiger partial charge in [0.2, 0.25) is 5.89 Å². The van der Waals surface area contributed by atoms with Gasteiger partial charge in [0.15, 0.2) is 0 Å². The van der Waals surface area contributed by atoms with E-state index in [-0.39, 0.29) is 17.9 Å². The van der Waals surface area contributed by atoms with Crippen LogP contribution in [0.25, 0.3) is 0 Å². The van der Waals surface area contributed by atoms with Gasteiger partial charge in [-0.3, -0.25) is 4.90 Å². The molecule has 0 radical (unpaired) electrons. The number of hydrogen-bond donors (Lipinski definition) is 1. The van der Waals surface area contributed by atoms with E-state index >= 15 is 0 Å². The maximum Gasteiger partial charge on any atom is 0.322 e. The molecule has 2 aromatic rings. The monoisotopic (exact) mass is 236 g/mol. The smallest absolute Gasteiger partial charge is 0.322 e. The van der Waals surface area contributed by atoms with Gasteiger partial charge in [0.25, 0.3) is 0 Å². The minimum atomic E-state index is -0.322. The van der Waals surface area contributed by atoms with Gasteiger partial charge in [-0.25, -0.2) is 4.39 Å². The molecule has 0 fully saturated rings. The number of nitrogens with two attached hydrogens (primary N) is 1. The molecule has 0 aliphatic rings. The highest BCUT2D eigenvalue weighted by atomic mass is 19.1. The van der Waals surface area contributed by atoms with Gasteiger partial charge in [0, 0.05) is 12.7 Å². The van der Waals surface area contributed by atoms with E-state index in [0.717, 1.165) is 0 Å². The summed E-state index contributed by atoms with van der Waals surface area (Å²) in [6, 6.07) is 6.08. The summed E-state index contributed by atoms with van der Waals surface area (Å²) >= 11 is 0. The van der Waals surface area contributed by atoms with Gasteiger partial charge >= 0.3 is 6.01 Å². The summed E-state index contributed by atoms with van der Waals surface area (Å²) in [6.45, 7) is 1.75. The van der Waals surface area contributed by atoms with Crippen LogP contribution in [0.5, 0.6) is 0 Å². The second-order valence-electron chi connectivity index (χ2n) is 3.75. The van der Waals surface area contributed by atoms with Crippen LogP contribution in [0, 0.1) is 5.82 Å². The van der Waals surface area contributed by atoms with Gasteiger partial charge in [-0.15, -0.1) is 5.10 Å². The highest BCUT2D eigenvalue weighted by Crippen LogP contribution is 2.23. The first-order valence-electron chi connectivity index (χ1n) is 5.16. The van der Waals surface area contributed by atoms with Crippen molar-refractivity contribution in [2.45, 2.75) is 13.0 Å². The highest BCUT2D eigenvalue weighted by Gasteiger charge is 2.14. The van der Waals surface area contributed by atoms with Crippen molar-refractivity contribution in [3.63, 3.8) is 0 Å². The topological polar surface area (TPSA) is 68.2 Å². The summed E-state index contributed by atoms with van der Waals surface area (Å²) in [4.78, 5) is 1.60. The van der Waals surface area contributed by atoms with E-state index in [4.69, 9.17) is 10.2 Å². The Hall–Kier alpha value is -1.95. The van der Waals surface area contributed by atoms with Crippen LogP contribution >= 0.6 is 0 Å². The average Bonchev–Trinajstić information content (AvgIpc) is 2.77. The summed E-state index contributed by atoms with van der Waals surface area (Å²) in [5, 5.41) is 7.66. The van der Waals surface area contributed by atoms with Crippen LogP contribution in [0.15, 0.2) is 28.7 Å². The summed E-state index contributed by atoms with van der Waals surface area (Å²) in [5.41, 5.74) is 6.24. The summed E-state index contributed by atoms with van der Waals surface area (Å²) in [7, 11) is 1.72. The van der Waals surface area contributed by atoms with Gasteiger partial charge in [-0.1, -0.05) is 11.2 Å². The molecule has 1 aromatic carbocycles. The van der Waals surface area contributed by atoms with Crippen LogP contribution in [0.3, 0.4) is 0 Å². The number of nitrogens with zero attached hydrogens (tertiary/aromatic N) is 3. The third kappa shape index (κ3) is 2.42. The lowest BCUT2D eigenvalue weighted by Gasteiger charge is -2.13. The number of aromatic nitrogens is 2. The largest absolute Gasteiger partial charge is 0.406 e. The summed E-state index contributed by atoms with van der Waals surface area (Å²) in [6.07, 6.45) is 0. The second kappa shape index (κ2) is 4.50. The highest BCUT2D eigenvalue weighted by molar-refractivity contribution is 5.54. The van der Waals surface area contributed by atoms with Gasteiger partial charge in [0.05, 0.1) is 6.04 Å². The minimum Gasteiger partial charge on any atom is -0.406 e. The Kier molecular flexibility index (Phi) is 3.06. The fourth-order valence-corrected chi connectivity index (χ4v) is 1.34. The van der Waals surface area contributed by atoms with E-state index in [1.165, 1.54) is 12.1 Å². The number of halogens is 1. The van der Waals surface area contributed by atoms with Crippen molar-refractivity contribution in [3.05, 3.63) is 36.0 Å². The van der Waals surface area contributed by atoms with E-state index in [0.29, 0.717) is 11.6 Å². The van der Waals surface area contributed by atoms with Crippen molar-refractivity contribution < 1.29 is 8.81 Å². The first kappa shape index (κ1) is 11.5. The summed E-state index contributed by atoms with van der Waals surface area (Å²) in [5.74, 6) is 0.0320. The van der Waals surface area contributed by atoms with E-state index in [2.05, 4.69) is 10.2 Å². The van der Waals surface area contributed by atoms with Gasteiger partial charge in [-0.05, 0) is 25.1 Å². The Bertz CT molecular complexity index is 512. The predicted molar refractivity (Wildman–Crippen MR) is 61.4 cm³/mol. The van der Waals surface area contributed by atoms with Crippen molar-refractivity contribution in [2.75, 3.05) is 11.9 Å². The fourth-order valence-electron chi connectivity index (χ4n) is 1.34. The van der Waals surface area contributed by atoms with Crippen LogP contribution in [0.2, 0.25) is 0 Å². The molecule has 0 saturated heterocycles. The molecular formula is C11H13FN4O. The normalized spacial score (nSPS) is 12.5. The molecule has 0 amide bonds. The third-order valence-corrected chi connectivity index (χ3v) is 2.30. The molecule has 6 heteroatoms. The quantitative estimate of drug-likeness (QED) is 0.882. The zero-order valence-electron chi connectivity index (χ0n) is 9.59. The molecule has 90 valence electrons. The van der Waals surface area contributed by atoms with Gasteiger partial charge in [-0.2, -0.15) is 0 Å². The van der Waals surface area contributed by atoms with E-state index < -0.39 is 0 Å². The SMILES string of the molecule is CC(N)c1nnc(N(C)c2cccc(F)c2)o1. The molecule has 0 saturated carbocycles. The number of hydrogen-bond acceptors (Lipinski definition) is 5.